The second-order valence-corrected chi connectivity index (χ2v) is 6.23. The summed E-state index contributed by atoms with van der Waals surface area (Å²) in [6.07, 6.45) is 4.80. The number of amides is 1. The van der Waals surface area contributed by atoms with Gasteiger partial charge >= 0.3 is 0 Å². The Hall–Kier alpha value is -2.66. The maximum atomic E-state index is 12.2. The summed E-state index contributed by atoms with van der Waals surface area (Å²) in [7, 11) is 0. The van der Waals surface area contributed by atoms with Crippen molar-refractivity contribution in [1.29, 1.82) is 0 Å². The second-order valence-electron chi connectivity index (χ2n) is 6.23. The predicted octanol–water partition coefficient (Wildman–Crippen LogP) is 3.28. The summed E-state index contributed by atoms with van der Waals surface area (Å²) in [6, 6.07) is 11.9. The molecule has 3 aromatic rings. The van der Waals surface area contributed by atoms with Crippen LogP contribution in [-0.4, -0.2) is 28.5 Å². The number of anilines is 1. The molecule has 0 radical (unpaired) electrons. The molecule has 3 heterocycles. The highest BCUT2D eigenvalue weighted by Gasteiger charge is 2.23. The van der Waals surface area contributed by atoms with Gasteiger partial charge in [0, 0.05) is 30.3 Å². The Bertz CT molecular complexity index is 895. The van der Waals surface area contributed by atoms with E-state index in [0.29, 0.717) is 13.2 Å². The Labute approximate surface area is 140 Å². The van der Waals surface area contributed by atoms with Crippen LogP contribution in [0.5, 0.6) is 0 Å². The molecule has 1 aliphatic heterocycles. The fourth-order valence-corrected chi connectivity index (χ4v) is 2.96. The number of imidazole rings is 1. The smallest absolute Gasteiger partial charge is 0.229 e. The molecule has 5 heteroatoms. The number of nitrogens with one attached hydrogen (secondary N) is 1. The maximum Gasteiger partial charge on any atom is 0.229 e. The van der Waals surface area contributed by atoms with Gasteiger partial charge in [0.2, 0.25) is 5.91 Å². The minimum Gasteiger partial charge on any atom is -0.381 e. The Morgan fingerprint density at radius 1 is 1.33 bits per heavy atom. The summed E-state index contributed by atoms with van der Waals surface area (Å²) in [5.74, 6) is -0.0258. The first-order valence-corrected chi connectivity index (χ1v) is 8.13. The molecule has 1 aliphatic rings. The quantitative estimate of drug-likeness (QED) is 0.805. The molecule has 1 saturated heterocycles. The summed E-state index contributed by atoms with van der Waals surface area (Å²) in [4.78, 5) is 16.9. The van der Waals surface area contributed by atoms with Crippen LogP contribution in [0, 0.1) is 12.8 Å². The van der Waals surface area contributed by atoms with Crippen molar-refractivity contribution in [3.63, 3.8) is 0 Å². The SMILES string of the molecule is Cc1ccn2cc(-c3cccc(NC(=O)[C@H]4CCOC4)c3)nc2c1. The Balaban J connectivity index is 1.60. The Morgan fingerprint density at radius 3 is 3.08 bits per heavy atom. The molecule has 1 N–H and O–H groups in total. The molecule has 1 amide bonds. The largest absolute Gasteiger partial charge is 0.381 e. The zero-order chi connectivity index (χ0) is 16.5. The number of pyridine rings is 1. The minimum atomic E-state index is -0.0492. The van der Waals surface area contributed by atoms with Gasteiger partial charge in [-0.05, 0) is 43.2 Å². The van der Waals surface area contributed by atoms with Crippen molar-refractivity contribution in [1.82, 2.24) is 9.38 Å². The van der Waals surface area contributed by atoms with Crippen molar-refractivity contribution < 1.29 is 9.53 Å². The van der Waals surface area contributed by atoms with E-state index in [4.69, 9.17) is 4.74 Å². The molecule has 0 unspecified atom stereocenters. The first-order chi connectivity index (χ1) is 11.7. The van der Waals surface area contributed by atoms with Crippen molar-refractivity contribution in [3.05, 3.63) is 54.4 Å². The van der Waals surface area contributed by atoms with Gasteiger partial charge in [0.1, 0.15) is 5.65 Å². The van der Waals surface area contributed by atoms with Crippen LogP contribution >= 0.6 is 0 Å². The van der Waals surface area contributed by atoms with Gasteiger partial charge in [0.25, 0.3) is 0 Å². The summed E-state index contributed by atoms with van der Waals surface area (Å²) < 4.78 is 7.28. The molecule has 0 aliphatic carbocycles. The maximum absolute atomic E-state index is 12.2. The highest BCUT2D eigenvalue weighted by Crippen LogP contribution is 2.24. The molecule has 5 nitrogen and oxygen atoms in total. The van der Waals surface area contributed by atoms with Crippen LogP contribution < -0.4 is 5.32 Å². The van der Waals surface area contributed by atoms with Crippen LogP contribution in [0.4, 0.5) is 5.69 Å². The number of carbonyl (C=O) groups excluding carboxylic acids is 1. The fraction of sp³-hybridized carbons (Fsp3) is 0.263. The lowest BCUT2D eigenvalue weighted by Crippen LogP contribution is -2.22. The second kappa shape index (κ2) is 6.09. The number of carbonyl (C=O) groups is 1. The average Bonchev–Trinajstić information content (AvgIpc) is 3.24. The molecule has 1 atom stereocenters. The number of hydrogen-bond acceptors (Lipinski definition) is 3. The number of ether oxygens (including phenoxy) is 1. The van der Waals surface area contributed by atoms with E-state index in [1.54, 1.807) is 0 Å². The number of hydrogen-bond donors (Lipinski definition) is 1. The van der Waals surface area contributed by atoms with Gasteiger partial charge in [-0.3, -0.25) is 4.79 Å². The van der Waals surface area contributed by atoms with Crippen molar-refractivity contribution in [2.45, 2.75) is 13.3 Å². The first kappa shape index (κ1) is 14.9. The number of aryl methyl sites for hydroxylation is 1. The summed E-state index contributed by atoms with van der Waals surface area (Å²) >= 11 is 0. The topological polar surface area (TPSA) is 55.6 Å². The van der Waals surface area contributed by atoms with Gasteiger partial charge in [-0.2, -0.15) is 0 Å². The molecule has 122 valence electrons. The van der Waals surface area contributed by atoms with Crippen LogP contribution in [0.3, 0.4) is 0 Å². The van der Waals surface area contributed by atoms with Crippen molar-refractivity contribution in [3.8, 4) is 11.3 Å². The van der Waals surface area contributed by atoms with Crippen molar-refractivity contribution in [2.75, 3.05) is 18.5 Å². The number of nitrogens with zero attached hydrogens (tertiary/aromatic N) is 2. The molecular formula is C19H19N3O2. The van der Waals surface area contributed by atoms with Gasteiger partial charge in [0.05, 0.1) is 18.2 Å². The van der Waals surface area contributed by atoms with Gasteiger partial charge < -0.3 is 14.5 Å². The molecule has 1 aromatic carbocycles. The van der Waals surface area contributed by atoms with Gasteiger partial charge in [0.15, 0.2) is 0 Å². The first-order valence-electron chi connectivity index (χ1n) is 8.13. The lowest BCUT2D eigenvalue weighted by atomic mass is 10.1. The molecule has 1 fully saturated rings. The summed E-state index contributed by atoms with van der Waals surface area (Å²) in [5, 5.41) is 2.98. The van der Waals surface area contributed by atoms with Crippen LogP contribution in [0.25, 0.3) is 16.9 Å². The summed E-state index contributed by atoms with van der Waals surface area (Å²) in [6.45, 7) is 3.23. The van der Waals surface area contributed by atoms with Crippen LogP contribution in [0.15, 0.2) is 48.8 Å². The lowest BCUT2D eigenvalue weighted by molar-refractivity contribution is -0.119. The van der Waals surface area contributed by atoms with Crippen molar-refractivity contribution >= 4 is 17.2 Å². The van der Waals surface area contributed by atoms with E-state index in [1.165, 1.54) is 5.56 Å². The van der Waals surface area contributed by atoms with Crippen LogP contribution in [0.1, 0.15) is 12.0 Å². The predicted molar refractivity (Wildman–Crippen MR) is 92.9 cm³/mol. The highest BCUT2D eigenvalue weighted by molar-refractivity contribution is 5.93. The van der Waals surface area contributed by atoms with E-state index < -0.39 is 0 Å². The molecule has 0 bridgehead atoms. The molecule has 24 heavy (non-hydrogen) atoms. The number of fused-ring (bicyclic) bond motifs is 1. The van der Waals surface area contributed by atoms with Gasteiger partial charge in [-0.25, -0.2) is 4.98 Å². The van der Waals surface area contributed by atoms with E-state index in [2.05, 4.69) is 29.4 Å². The lowest BCUT2D eigenvalue weighted by Gasteiger charge is -2.10. The number of benzene rings is 1. The Morgan fingerprint density at radius 2 is 2.25 bits per heavy atom. The standard InChI is InChI=1S/C19H19N3O2/c1-13-5-7-22-11-17(21-18(22)9-13)14-3-2-4-16(10-14)20-19(23)15-6-8-24-12-15/h2-5,7,9-11,15H,6,8,12H2,1H3,(H,20,23)/t15-/m0/s1. The molecule has 0 saturated carbocycles. The third-order valence-corrected chi connectivity index (χ3v) is 4.34. The molecule has 2 aromatic heterocycles. The van der Waals surface area contributed by atoms with E-state index in [0.717, 1.165) is 29.0 Å². The molecule has 4 rings (SSSR count). The average molecular weight is 321 g/mol. The third kappa shape index (κ3) is 2.90. The normalized spacial score (nSPS) is 17.3. The van der Waals surface area contributed by atoms with E-state index in [9.17, 15) is 4.79 Å². The zero-order valence-corrected chi connectivity index (χ0v) is 13.5. The molecular weight excluding hydrogens is 302 g/mol. The van der Waals surface area contributed by atoms with E-state index in [1.807, 2.05) is 41.1 Å². The highest BCUT2D eigenvalue weighted by atomic mass is 16.5. The van der Waals surface area contributed by atoms with E-state index in [-0.39, 0.29) is 11.8 Å². The monoisotopic (exact) mass is 321 g/mol. The van der Waals surface area contributed by atoms with Gasteiger partial charge in [-0.1, -0.05) is 12.1 Å². The number of aromatic nitrogens is 2. The van der Waals surface area contributed by atoms with Gasteiger partial charge in [-0.15, -0.1) is 0 Å². The van der Waals surface area contributed by atoms with E-state index >= 15 is 0 Å². The van der Waals surface area contributed by atoms with Crippen molar-refractivity contribution in [2.24, 2.45) is 5.92 Å². The van der Waals surface area contributed by atoms with Crippen LogP contribution in [0.2, 0.25) is 0 Å². The molecule has 0 spiro atoms. The van der Waals surface area contributed by atoms with Crippen LogP contribution in [-0.2, 0) is 9.53 Å². The third-order valence-electron chi connectivity index (χ3n) is 4.34. The Kier molecular flexibility index (Phi) is 3.78. The summed E-state index contributed by atoms with van der Waals surface area (Å²) in [5.41, 5.74) is 4.76. The fourth-order valence-electron chi connectivity index (χ4n) is 2.96. The zero-order valence-electron chi connectivity index (χ0n) is 13.5. The minimum absolute atomic E-state index is 0.0234. The number of rotatable bonds is 3.